The summed E-state index contributed by atoms with van der Waals surface area (Å²) in [6.45, 7) is 0. The van der Waals surface area contributed by atoms with Gasteiger partial charge in [0.05, 0.1) is 32.1 Å². The van der Waals surface area contributed by atoms with Crippen LogP contribution in [0.15, 0.2) is 36.4 Å². The van der Waals surface area contributed by atoms with Gasteiger partial charge in [-0.05, 0) is 24.3 Å². The summed E-state index contributed by atoms with van der Waals surface area (Å²) < 4.78 is 0. The molecule has 104 valence electrons. The molecule has 2 aromatic carbocycles. The highest BCUT2D eigenvalue weighted by molar-refractivity contribution is 6.42. The van der Waals surface area contributed by atoms with Gasteiger partial charge in [0, 0.05) is 0 Å². The second-order valence-electron chi connectivity index (χ2n) is 5.09. The van der Waals surface area contributed by atoms with Crippen LogP contribution in [0, 0.1) is 0 Å². The van der Waals surface area contributed by atoms with Crippen LogP contribution in [0.3, 0.4) is 0 Å². The van der Waals surface area contributed by atoms with E-state index in [9.17, 15) is 0 Å². The van der Waals surface area contributed by atoms with Crippen LogP contribution in [-0.2, 0) is 0 Å². The predicted molar refractivity (Wildman–Crippen MR) is 87.1 cm³/mol. The summed E-state index contributed by atoms with van der Waals surface area (Å²) in [6, 6.07) is 11.2. The van der Waals surface area contributed by atoms with Gasteiger partial charge in [0.25, 0.3) is 0 Å². The molecule has 22 heavy (non-hydrogen) atoms. The van der Waals surface area contributed by atoms with E-state index < -0.39 is 0 Å². The molecule has 0 aliphatic heterocycles. The second kappa shape index (κ2) is 4.12. The Morgan fingerprint density at radius 3 is 1.32 bits per heavy atom. The maximum Gasteiger partial charge on any atom is 0.120 e. The molecule has 0 saturated carbocycles. The third kappa shape index (κ3) is 1.54. The molecule has 0 atom stereocenters. The summed E-state index contributed by atoms with van der Waals surface area (Å²) in [4.78, 5) is 18.5. The molecule has 0 unspecified atom stereocenters. The van der Waals surface area contributed by atoms with E-state index in [2.05, 4.69) is 19.9 Å². The van der Waals surface area contributed by atoms with Crippen molar-refractivity contribution in [1.29, 1.82) is 0 Å². The highest BCUT2D eigenvalue weighted by atomic mass is 35.5. The van der Waals surface area contributed by atoms with E-state index in [1.54, 1.807) is 12.1 Å². The first-order valence-electron chi connectivity index (χ1n) is 6.65. The molecule has 0 bridgehead atoms. The predicted octanol–water partition coefficient (Wildman–Crippen LogP) is 4.53. The lowest BCUT2D eigenvalue weighted by molar-refractivity contribution is 1.15. The molecule has 1 aliphatic rings. The van der Waals surface area contributed by atoms with Crippen molar-refractivity contribution in [2.45, 2.75) is 0 Å². The number of benzene rings is 2. The van der Waals surface area contributed by atoms with Crippen LogP contribution >= 0.6 is 23.2 Å². The van der Waals surface area contributed by atoms with E-state index in [0.717, 1.165) is 33.8 Å². The van der Waals surface area contributed by atoms with Crippen LogP contribution in [0.5, 0.6) is 0 Å². The van der Waals surface area contributed by atoms with Crippen molar-refractivity contribution in [1.82, 2.24) is 19.9 Å². The molecule has 2 aromatic heterocycles. The van der Waals surface area contributed by atoms with Crippen LogP contribution in [0.1, 0.15) is 0 Å². The Morgan fingerprint density at radius 1 is 0.545 bits per heavy atom. The van der Waals surface area contributed by atoms with Gasteiger partial charge in [0.15, 0.2) is 0 Å². The molecule has 4 nitrogen and oxygen atoms in total. The number of aromatic nitrogens is 4. The number of para-hydroxylation sites is 2. The summed E-state index contributed by atoms with van der Waals surface area (Å²) in [5, 5.41) is 0.931. The summed E-state index contributed by atoms with van der Waals surface area (Å²) >= 11 is 12.1. The average Bonchev–Trinajstić information content (AvgIpc) is 2.53. The highest BCUT2D eigenvalue weighted by Gasteiger charge is 2.30. The first-order chi connectivity index (χ1) is 10.7. The van der Waals surface area contributed by atoms with Gasteiger partial charge in [0.1, 0.15) is 22.8 Å². The fraction of sp³-hybridized carbons (Fsp3) is 0. The van der Waals surface area contributed by atoms with E-state index in [1.165, 1.54) is 0 Å². The molecule has 0 saturated heterocycles. The molecule has 0 amide bonds. The smallest absolute Gasteiger partial charge is 0.120 e. The normalized spacial score (nSPS) is 12.1. The number of halogens is 2. The van der Waals surface area contributed by atoms with Crippen molar-refractivity contribution < 1.29 is 0 Å². The first-order valence-corrected chi connectivity index (χ1v) is 7.40. The Balaban J connectivity index is 1.81. The lowest BCUT2D eigenvalue weighted by atomic mass is 9.98. The van der Waals surface area contributed by atoms with Gasteiger partial charge in [0.2, 0.25) is 0 Å². The van der Waals surface area contributed by atoms with Gasteiger partial charge >= 0.3 is 0 Å². The van der Waals surface area contributed by atoms with Crippen LogP contribution in [0.25, 0.3) is 44.8 Å². The van der Waals surface area contributed by atoms with Crippen molar-refractivity contribution in [2.24, 2.45) is 0 Å². The molecule has 0 radical (unpaired) electrons. The van der Waals surface area contributed by atoms with E-state index in [-0.39, 0.29) is 0 Å². The van der Waals surface area contributed by atoms with Gasteiger partial charge in [-0.15, -0.1) is 0 Å². The fourth-order valence-corrected chi connectivity index (χ4v) is 2.97. The summed E-state index contributed by atoms with van der Waals surface area (Å²) in [5.41, 5.74) is 6.20. The van der Waals surface area contributed by atoms with Gasteiger partial charge in [-0.1, -0.05) is 35.3 Å². The van der Waals surface area contributed by atoms with E-state index in [4.69, 9.17) is 23.2 Å². The third-order valence-electron chi connectivity index (χ3n) is 3.73. The largest absolute Gasteiger partial charge is 0.242 e. The van der Waals surface area contributed by atoms with Crippen molar-refractivity contribution >= 4 is 45.3 Å². The Hall–Kier alpha value is -2.30. The maximum atomic E-state index is 6.05. The molecule has 0 N–H and O–H groups in total. The number of fused-ring (bicyclic) bond motifs is 6. The molecule has 0 spiro atoms. The SMILES string of the molecule is Clc1cc2nc3c(nc2cc1Cl)-c1nc2ccccc2nc1-3. The Bertz CT molecular complexity index is 1020. The minimum atomic E-state index is 0.465. The molecule has 6 heteroatoms. The van der Waals surface area contributed by atoms with Gasteiger partial charge in [-0.2, -0.15) is 0 Å². The first kappa shape index (κ1) is 12.3. The molecule has 2 heterocycles. The number of rotatable bonds is 0. The average molecular weight is 325 g/mol. The Kier molecular flexibility index (Phi) is 2.30. The minimum Gasteiger partial charge on any atom is -0.242 e. The standard InChI is InChI=1S/C16H6Cl2N4/c17-7-5-11-12(6-8(7)18)22-16-14-13(15(16)21-11)19-9-3-1-2-4-10(9)20-14/h1-6H. The topological polar surface area (TPSA) is 51.6 Å². The molecule has 1 aliphatic carbocycles. The quantitative estimate of drug-likeness (QED) is 0.420. The lowest BCUT2D eigenvalue weighted by Gasteiger charge is -2.20. The zero-order valence-electron chi connectivity index (χ0n) is 11.0. The maximum absolute atomic E-state index is 6.05. The van der Waals surface area contributed by atoms with Gasteiger partial charge in [-0.25, -0.2) is 19.9 Å². The van der Waals surface area contributed by atoms with Gasteiger partial charge in [-0.3, -0.25) is 0 Å². The molecule has 4 aromatic rings. The van der Waals surface area contributed by atoms with E-state index >= 15 is 0 Å². The summed E-state index contributed by atoms with van der Waals surface area (Å²) in [6.07, 6.45) is 0. The summed E-state index contributed by atoms with van der Waals surface area (Å²) in [5.74, 6) is 0. The van der Waals surface area contributed by atoms with Crippen LogP contribution in [0.2, 0.25) is 10.0 Å². The lowest BCUT2D eigenvalue weighted by Crippen LogP contribution is -2.09. The number of hydrogen-bond acceptors (Lipinski definition) is 4. The molecule has 0 fully saturated rings. The van der Waals surface area contributed by atoms with Crippen molar-refractivity contribution in [2.75, 3.05) is 0 Å². The van der Waals surface area contributed by atoms with E-state index in [1.807, 2.05) is 24.3 Å². The molecular weight excluding hydrogens is 319 g/mol. The fourth-order valence-electron chi connectivity index (χ4n) is 2.65. The van der Waals surface area contributed by atoms with Crippen LogP contribution in [-0.4, -0.2) is 19.9 Å². The van der Waals surface area contributed by atoms with Crippen molar-refractivity contribution in [3.8, 4) is 22.8 Å². The number of hydrogen-bond donors (Lipinski definition) is 0. The highest BCUT2D eigenvalue weighted by Crippen LogP contribution is 2.43. The van der Waals surface area contributed by atoms with Gasteiger partial charge < -0.3 is 0 Å². The van der Waals surface area contributed by atoms with E-state index in [0.29, 0.717) is 21.1 Å². The minimum absolute atomic E-state index is 0.465. The molecule has 5 rings (SSSR count). The van der Waals surface area contributed by atoms with Crippen molar-refractivity contribution in [3.05, 3.63) is 46.4 Å². The summed E-state index contributed by atoms with van der Waals surface area (Å²) in [7, 11) is 0. The Labute approximate surface area is 134 Å². The second-order valence-corrected chi connectivity index (χ2v) is 5.90. The van der Waals surface area contributed by atoms with Crippen molar-refractivity contribution in [3.63, 3.8) is 0 Å². The Morgan fingerprint density at radius 2 is 0.909 bits per heavy atom. The molecular formula is C16H6Cl2N4. The zero-order valence-corrected chi connectivity index (χ0v) is 12.5. The van der Waals surface area contributed by atoms with Crippen LogP contribution in [0.4, 0.5) is 0 Å². The number of nitrogens with zero attached hydrogens (tertiary/aromatic N) is 4. The zero-order chi connectivity index (χ0) is 14.8. The third-order valence-corrected chi connectivity index (χ3v) is 4.45. The monoisotopic (exact) mass is 324 g/mol. The van der Waals surface area contributed by atoms with Crippen LogP contribution < -0.4 is 0 Å².